The van der Waals surface area contributed by atoms with Crippen molar-refractivity contribution in [2.24, 2.45) is 0 Å². The third-order valence-electron chi connectivity index (χ3n) is 10.5. The van der Waals surface area contributed by atoms with Crippen LogP contribution in [0.2, 0.25) is 0 Å². The van der Waals surface area contributed by atoms with E-state index in [2.05, 4.69) is 114 Å². The van der Waals surface area contributed by atoms with Gasteiger partial charge in [0.2, 0.25) is 0 Å². The fourth-order valence-corrected chi connectivity index (χ4v) is 7.87. The van der Waals surface area contributed by atoms with Gasteiger partial charge in [-0.2, -0.15) is 0 Å². The van der Waals surface area contributed by atoms with Crippen LogP contribution in [0.5, 0.6) is 0 Å². The fraction of sp³-hybridized carbons (Fsp3) is 0. The van der Waals surface area contributed by atoms with E-state index in [0.717, 1.165) is 55.8 Å². The number of fused-ring (bicyclic) bond motifs is 3. The molecule has 0 radical (unpaired) electrons. The second kappa shape index (κ2) is 14.4. The molecule has 1 heterocycles. The van der Waals surface area contributed by atoms with Crippen molar-refractivity contribution >= 4 is 38.9 Å². The Morgan fingerprint density at radius 1 is 0.357 bits per heavy atom. The van der Waals surface area contributed by atoms with Gasteiger partial charge in [-0.25, -0.2) is 0 Å². The fourth-order valence-electron chi connectivity index (χ4n) is 7.87. The van der Waals surface area contributed by atoms with Crippen molar-refractivity contribution in [3.05, 3.63) is 230 Å². The van der Waals surface area contributed by atoms with Crippen molar-refractivity contribution in [1.29, 1.82) is 0 Å². The molecule has 9 aromatic carbocycles. The normalized spacial score (nSPS) is 12.2. The highest BCUT2D eigenvalue weighted by molar-refractivity contribution is 6.16. The summed E-state index contributed by atoms with van der Waals surface area (Å²) in [7, 11) is 0. The molecular formula is C54H38N2. The standard InChI is InChI=1S/C54H38N2/c1-4-16-39(17-5-1)41-30-34-46(35-31-41)55(47-36-32-42(33-37-47)40-18-6-2-7-19-40)51-27-12-10-24-48(51)43-20-14-21-44(38-43)49-26-15-29-53-54(49)50-25-11-13-28-52(50)56(53)45-22-8-3-9-23-45/h1-38H/i30D,31D,34D,35D. The van der Waals surface area contributed by atoms with E-state index in [9.17, 15) is 5.48 Å². The smallest absolute Gasteiger partial charge is 0.0645 e. The van der Waals surface area contributed by atoms with Crippen molar-refractivity contribution in [3.63, 3.8) is 0 Å². The largest absolute Gasteiger partial charge is 0.310 e. The van der Waals surface area contributed by atoms with Gasteiger partial charge < -0.3 is 9.47 Å². The van der Waals surface area contributed by atoms with Crippen LogP contribution in [-0.2, 0) is 0 Å². The Kier molecular flexibility index (Phi) is 7.47. The lowest BCUT2D eigenvalue weighted by Crippen LogP contribution is -2.11. The second-order valence-electron chi connectivity index (χ2n) is 13.8. The number of aromatic nitrogens is 1. The second-order valence-corrected chi connectivity index (χ2v) is 13.8. The Hall–Kier alpha value is -7.42. The monoisotopic (exact) mass is 718 g/mol. The maximum absolute atomic E-state index is 9.52. The predicted octanol–water partition coefficient (Wildman–Crippen LogP) is 14.9. The minimum Gasteiger partial charge on any atom is -0.310 e. The van der Waals surface area contributed by atoms with Crippen molar-refractivity contribution in [3.8, 4) is 50.2 Å². The average molecular weight is 719 g/mol. The molecule has 0 aliphatic carbocycles. The first-order chi connectivity index (χ1) is 29.5. The van der Waals surface area contributed by atoms with Crippen LogP contribution in [0.1, 0.15) is 5.48 Å². The number of hydrogen-bond acceptors (Lipinski definition) is 1. The SMILES string of the molecule is [2H]c1c([2H])c(N(c2ccc(-c3ccccc3)cc2)c2ccccc2-c2cccc(-c3cccc4c3c3ccccc3n4-c3ccccc3)c2)c([2H])c([2H])c1-c1ccccc1. The lowest BCUT2D eigenvalue weighted by atomic mass is 9.94. The van der Waals surface area contributed by atoms with E-state index in [4.69, 9.17) is 0 Å². The van der Waals surface area contributed by atoms with Crippen LogP contribution in [0.15, 0.2) is 230 Å². The Bertz CT molecular complexity index is 3150. The Balaban J connectivity index is 1.17. The number of hydrogen-bond donors (Lipinski definition) is 0. The van der Waals surface area contributed by atoms with E-state index in [1.54, 1.807) is 0 Å². The van der Waals surface area contributed by atoms with Gasteiger partial charge in [0, 0.05) is 33.4 Å². The van der Waals surface area contributed by atoms with E-state index in [0.29, 0.717) is 11.3 Å². The summed E-state index contributed by atoms with van der Waals surface area (Å²) in [6.07, 6.45) is 0. The molecule has 10 rings (SSSR count). The van der Waals surface area contributed by atoms with Crippen molar-refractivity contribution in [2.45, 2.75) is 0 Å². The van der Waals surface area contributed by atoms with Crippen molar-refractivity contribution < 1.29 is 5.48 Å². The quantitative estimate of drug-likeness (QED) is 0.152. The van der Waals surface area contributed by atoms with Crippen LogP contribution in [0, 0.1) is 0 Å². The van der Waals surface area contributed by atoms with E-state index in [-0.39, 0.29) is 35.4 Å². The molecule has 10 aromatic rings. The van der Waals surface area contributed by atoms with Gasteiger partial charge in [-0.3, -0.25) is 0 Å². The Labute approximate surface area is 333 Å². The summed E-state index contributed by atoms with van der Waals surface area (Å²) < 4.78 is 39.9. The average Bonchev–Trinajstić information content (AvgIpc) is 3.66. The summed E-state index contributed by atoms with van der Waals surface area (Å²) in [5.74, 6) is 0. The molecule has 56 heavy (non-hydrogen) atoms. The summed E-state index contributed by atoms with van der Waals surface area (Å²) in [5.41, 5.74) is 12.0. The first-order valence-electron chi connectivity index (χ1n) is 20.9. The van der Waals surface area contributed by atoms with Gasteiger partial charge in [-0.15, -0.1) is 0 Å². The molecule has 2 nitrogen and oxygen atoms in total. The molecule has 0 amide bonds. The molecule has 0 aliphatic rings. The first-order valence-corrected chi connectivity index (χ1v) is 18.9. The van der Waals surface area contributed by atoms with Crippen LogP contribution in [0.3, 0.4) is 0 Å². The molecule has 0 N–H and O–H groups in total. The summed E-state index contributed by atoms with van der Waals surface area (Å²) >= 11 is 0. The summed E-state index contributed by atoms with van der Waals surface area (Å²) in [6.45, 7) is 0. The number of anilines is 3. The summed E-state index contributed by atoms with van der Waals surface area (Å²) in [5, 5.41) is 2.34. The molecule has 1 aromatic heterocycles. The van der Waals surface area contributed by atoms with Gasteiger partial charge in [-0.05, 0) is 99.6 Å². The minimum absolute atomic E-state index is 0.0923. The topological polar surface area (TPSA) is 8.17 Å². The molecule has 0 saturated carbocycles. The number of para-hydroxylation sites is 3. The number of benzene rings is 9. The van der Waals surface area contributed by atoms with Crippen LogP contribution >= 0.6 is 0 Å². The maximum atomic E-state index is 9.52. The van der Waals surface area contributed by atoms with Crippen LogP contribution in [0.25, 0.3) is 72.0 Å². The molecule has 0 bridgehead atoms. The molecule has 264 valence electrons. The minimum atomic E-state index is -0.118. The molecule has 0 unspecified atom stereocenters. The van der Waals surface area contributed by atoms with Gasteiger partial charge in [0.15, 0.2) is 0 Å². The van der Waals surface area contributed by atoms with Crippen LogP contribution < -0.4 is 4.90 Å². The predicted molar refractivity (Wildman–Crippen MR) is 237 cm³/mol. The van der Waals surface area contributed by atoms with Crippen molar-refractivity contribution in [2.75, 3.05) is 4.90 Å². The van der Waals surface area contributed by atoms with Gasteiger partial charge in [0.1, 0.15) is 0 Å². The zero-order valence-corrected chi connectivity index (χ0v) is 30.5. The van der Waals surface area contributed by atoms with Crippen LogP contribution in [-0.4, -0.2) is 4.57 Å². The van der Waals surface area contributed by atoms with Crippen LogP contribution in [0.4, 0.5) is 17.1 Å². The van der Waals surface area contributed by atoms with Gasteiger partial charge >= 0.3 is 0 Å². The third kappa shape index (κ3) is 6.04. The zero-order valence-electron chi connectivity index (χ0n) is 34.5. The lowest BCUT2D eigenvalue weighted by Gasteiger charge is -2.28. The third-order valence-corrected chi connectivity index (χ3v) is 10.5. The van der Waals surface area contributed by atoms with Gasteiger partial charge in [-0.1, -0.05) is 170 Å². The van der Waals surface area contributed by atoms with E-state index in [1.165, 1.54) is 10.8 Å². The number of nitrogens with zero attached hydrogens (tertiary/aromatic N) is 2. The first kappa shape index (κ1) is 29.0. The molecule has 0 fully saturated rings. The molecule has 0 atom stereocenters. The highest BCUT2D eigenvalue weighted by Crippen LogP contribution is 2.44. The van der Waals surface area contributed by atoms with E-state index >= 15 is 0 Å². The summed E-state index contributed by atoms with van der Waals surface area (Å²) in [4.78, 5) is 1.89. The van der Waals surface area contributed by atoms with Gasteiger partial charge in [0.25, 0.3) is 0 Å². The van der Waals surface area contributed by atoms with E-state index < -0.39 is 0 Å². The highest BCUT2D eigenvalue weighted by atomic mass is 15.1. The van der Waals surface area contributed by atoms with E-state index in [1.807, 2.05) is 102 Å². The van der Waals surface area contributed by atoms with Crippen molar-refractivity contribution in [1.82, 2.24) is 4.57 Å². The highest BCUT2D eigenvalue weighted by Gasteiger charge is 2.20. The number of rotatable bonds is 8. The lowest BCUT2D eigenvalue weighted by molar-refractivity contribution is 1.18. The Morgan fingerprint density at radius 3 is 1.61 bits per heavy atom. The maximum Gasteiger partial charge on any atom is 0.0645 e. The summed E-state index contributed by atoms with van der Waals surface area (Å²) in [6, 6.07) is 69.2. The zero-order chi connectivity index (χ0) is 40.7. The molecule has 0 aliphatic heterocycles. The molecule has 0 spiro atoms. The molecule has 0 saturated heterocycles. The Morgan fingerprint density at radius 2 is 0.875 bits per heavy atom. The van der Waals surface area contributed by atoms with Gasteiger partial charge in [0.05, 0.1) is 22.2 Å². The molecule has 2 heteroatoms. The molecular weight excluding hydrogens is 677 g/mol.